The van der Waals surface area contributed by atoms with Gasteiger partial charge in [0.15, 0.2) is 11.9 Å². The number of hydrogen-bond acceptors (Lipinski definition) is 7. The number of fused-ring (bicyclic) bond motifs is 6. The number of carboxylic acids is 1. The van der Waals surface area contributed by atoms with Crippen molar-refractivity contribution in [3.05, 3.63) is 23.8 Å². The number of aliphatic hydroxyl groups is 1. The third-order valence-corrected chi connectivity index (χ3v) is 9.30. The molecule has 0 aromatic carbocycles. The molecule has 4 aliphatic carbocycles. The molecule has 174 valence electrons. The molecule has 9 atom stereocenters. The van der Waals surface area contributed by atoms with Crippen LogP contribution in [0.3, 0.4) is 0 Å². The van der Waals surface area contributed by atoms with E-state index in [9.17, 15) is 24.6 Å². The van der Waals surface area contributed by atoms with Crippen LogP contribution >= 0.6 is 0 Å². The van der Waals surface area contributed by atoms with Crippen molar-refractivity contribution >= 4 is 17.7 Å². The van der Waals surface area contributed by atoms with Gasteiger partial charge in [-0.15, -0.1) is 0 Å². The number of ether oxygens (including phenoxy) is 3. The molecule has 0 bridgehead atoms. The van der Waals surface area contributed by atoms with Crippen LogP contribution in [0.1, 0.15) is 46.0 Å². The van der Waals surface area contributed by atoms with Gasteiger partial charge in [-0.2, -0.15) is 0 Å². The highest BCUT2D eigenvalue weighted by atomic mass is 16.8. The first-order chi connectivity index (χ1) is 15.1. The molecule has 1 unspecified atom stereocenters. The Hall–Kier alpha value is -2.03. The van der Waals surface area contributed by atoms with E-state index in [1.54, 1.807) is 12.2 Å². The maximum absolute atomic E-state index is 12.2. The summed E-state index contributed by atoms with van der Waals surface area (Å²) in [6, 6.07) is 0. The lowest BCUT2D eigenvalue weighted by atomic mass is 9.46. The molecule has 5 aliphatic rings. The molecule has 0 aromatic heterocycles. The van der Waals surface area contributed by atoms with Gasteiger partial charge in [0.2, 0.25) is 0 Å². The second-order valence-corrected chi connectivity index (χ2v) is 10.5. The maximum atomic E-state index is 12.2. The Balaban J connectivity index is 1.54. The zero-order chi connectivity index (χ0) is 23.1. The van der Waals surface area contributed by atoms with E-state index in [1.807, 2.05) is 13.0 Å². The molecule has 3 saturated carbocycles. The minimum absolute atomic E-state index is 0.0134. The summed E-state index contributed by atoms with van der Waals surface area (Å²) in [6.45, 7) is 4.08. The van der Waals surface area contributed by atoms with Crippen molar-refractivity contribution in [3.63, 3.8) is 0 Å². The van der Waals surface area contributed by atoms with Crippen LogP contribution in [0.4, 0.5) is 0 Å². The standard InChI is InChI=1S/C24H30O8/c1-22-8-6-13(25)10-12(22)4-5-14-15-7-9-24(23(15,2)11-16(26)17(14)22)18(19(27)28)31-21(32-24)20(29)30-3/h6,8,10,14-18,21,26H,4-5,7,9,11H2,1-3H3,(H,27,28)/t14-,15-,16-,17+,18-,21?,22-,23-,24-/m0/s1. The Kier molecular flexibility index (Phi) is 4.76. The predicted molar refractivity (Wildman–Crippen MR) is 110 cm³/mol. The average molecular weight is 446 g/mol. The molecule has 8 nitrogen and oxygen atoms in total. The van der Waals surface area contributed by atoms with Crippen molar-refractivity contribution in [2.45, 2.75) is 70.1 Å². The van der Waals surface area contributed by atoms with E-state index in [1.165, 1.54) is 7.11 Å². The van der Waals surface area contributed by atoms with E-state index in [0.717, 1.165) is 24.8 Å². The van der Waals surface area contributed by atoms with Gasteiger partial charge in [-0.3, -0.25) is 4.79 Å². The Bertz CT molecular complexity index is 938. The molecule has 1 saturated heterocycles. The first kappa shape index (κ1) is 21.8. The highest BCUT2D eigenvalue weighted by Gasteiger charge is 2.73. The second-order valence-electron chi connectivity index (χ2n) is 10.5. The van der Waals surface area contributed by atoms with Crippen molar-refractivity contribution < 1.29 is 38.8 Å². The van der Waals surface area contributed by atoms with E-state index >= 15 is 0 Å². The minimum Gasteiger partial charge on any atom is -0.479 e. The molecule has 0 amide bonds. The SMILES string of the molecule is COC(=O)C1O[C@@H](C(=O)O)[C@]2(CC[C@H]3[C@@H]4CCC5=CC(=O)C=C[C@]5(C)[C@H]4[C@@H](O)C[C@@]32C)O1. The van der Waals surface area contributed by atoms with E-state index in [0.29, 0.717) is 12.8 Å². The summed E-state index contributed by atoms with van der Waals surface area (Å²) in [7, 11) is 1.21. The number of carbonyl (C=O) groups excluding carboxylic acids is 2. The number of esters is 1. The lowest BCUT2D eigenvalue weighted by molar-refractivity contribution is -0.198. The van der Waals surface area contributed by atoms with Gasteiger partial charge in [0.1, 0.15) is 5.60 Å². The van der Waals surface area contributed by atoms with Crippen molar-refractivity contribution in [1.82, 2.24) is 0 Å². The monoisotopic (exact) mass is 446 g/mol. The number of carboxylic acid groups (broad SMARTS) is 1. The number of rotatable bonds is 2. The van der Waals surface area contributed by atoms with E-state index < -0.39 is 46.9 Å². The molecule has 1 spiro atoms. The van der Waals surface area contributed by atoms with Crippen LogP contribution in [0.2, 0.25) is 0 Å². The van der Waals surface area contributed by atoms with Crippen LogP contribution < -0.4 is 0 Å². The van der Waals surface area contributed by atoms with Crippen molar-refractivity contribution in [3.8, 4) is 0 Å². The number of allylic oxidation sites excluding steroid dienone is 4. The van der Waals surface area contributed by atoms with Gasteiger partial charge in [0, 0.05) is 16.7 Å². The van der Waals surface area contributed by atoms with Gasteiger partial charge in [0.05, 0.1) is 13.2 Å². The number of methoxy groups -OCH3 is 1. The minimum atomic E-state index is -1.39. The molecular formula is C24H30O8. The first-order valence-electron chi connectivity index (χ1n) is 11.3. The van der Waals surface area contributed by atoms with Crippen LogP contribution in [0.25, 0.3) is 0 Å². The summed E-state index contributed by atoms with van der Waals surface area (Å²) in [4.78, 5) is 36.3. The lowest BCUT2D eigenvalue weighted by Gasteiger charge is -2.60. The Labute approximate surface area is 186 Å². The lowest BCUT2D eigenvalue weighted by Crippen LogP contribution is -2.62. The summed E-state index contributed by atoms with van der Waals surface area (Å²) in [6.07, 6.45) is 4.92. The summed E-state index contributed by atoms with van der Waals surface area (Å²) < 4.78 is 16.5. The molecule has 1 aliphatic heterocycles. The highest BCUT2D eigenvalue weighted by molar-refractivity contribution is 6.01. The van der Waals surface area contributed by atoms with Gasteiger partial charge in [0.25, 0.3) is 6.29 Å². The van der Waals surface area contributed by atoms with E-state index in [4.69, 9.17) is 14.2 Å². The third kappa shape index (κ3) is 2.63. The van der Waals surface area contributed by atoms with Crippen molar-refractivity contribution in [1.29, 1.82) is 0 Å². The van der Waals surface area contributed by atoms with Gasteiger partial charge in [-0.1, -0.05) is 25.5 Å². The normalized spacial score (nSPS) is 49.2. The van der Waals surface area contributed by atoms with Crippen LogP contribution in [-0.4, -0.2) is 59.1 Å². The highest BCUT2D eigenvalue weighted by Crippen LogP contribution is 2.69. The van der Waals surface area contributed by atoms with Crippen LogP contribution in [0.5, 0.6) is 0 Å². The first-order valence-corrected chi connectivity index (χ1v) is 11.3. The van der Waals surface area contributed by atoms with Gasteiger partial charge < -0.3 is 24.4 Å². The van der Waals surface area contributed by atoms with Gasteiger partial charge >= 0.3 is 11.9 Å². The van der Waals surface area contributed by atoms with Crippen molar-refractivity contribution in [2.75, 3.05) is 7.11 Å². The molecule has 2 N–H and O–H groups in total. The number of carbonyl (C=O) groups is 3. The molecule has 4 fully saturated rings. The summed E-state index contributed by atoms with van der Waals surface area (Å²) in [5.41, 5.74) is -1.24. The molecule has 1 heterocycles. The fourth-order valence-electron chi connectivity index (χ4n) is 7.94. The zero-order valence-electron chi connectivity index (χ0n) is 18.6. The second kappa shape index (κ2) is 6.98. The summed E-state index contributed by atoms with van der Waals surface area (Å²) >= 11 is 0. The van der Waals surface area contributed by atoms with Crippen LogP contribution in [0.15, 0.2) is 23.8 Å². The summed E-state index contributed by atoms with van der Waals surface area (Å²) in [5.74, 6) is -1.78. The number of aliphatic hydroxyl groups excluding tert-OH is 1. The van der Waals surface area contributed by atoms with Crippen molar-refractivity contribution in [2.24, 2.45) is 28.6 Å². The number of ketones is 1. The molecule has 0 radical (unpaired) electrons. The number of hydrogen-bond donors (Lipinski definition) is 2. The van der Waals surface area contributed by atoms with E-state index in [2.05, 4.69) is 6.92 Å². The van der Waals surface area contributed by atoms with Gasteiger partial charge in [-0.05, 0) is 56.1 Å². The molecule has 5 rings (SSSR count). The van der Waals surface area contributed by atoms with Gasteiger partial charge in [-0.25, -0.2) is 9.59 Å². The number of aliphatic carboxylic acids is 1. The Morgan fingerprint density at radius 3 is 2.69 bits per heavy atom. The topological polar surface area (TPSA) is 119 Å². The molecule has 32 heavy (non-hydrogen) atoms. The zero-order valence-corrected chi connectivity index (χ0v) is 18.6. The van der Waals surface area contributed by atoms with Crippen LogP contribution in [-0.2, 0) is 28.6 Å². The third-order valence-electron chi connectivity index (χ3n) is 9.30. The Morgan fingerprint density at radius 2 is 2.00 bits per heavy atom. The Morgan fingerprint density at radius 1 is 1.25 bits per heavy atom. The fraction of sp³-hybridized carbons (Fsp3) is 0.708. The van der Waals surface area contributed by atoms with E-state index in [-0.39, 0.29) is 23.5 Å². The predicted octanol–water partition coefficient (Wildman–Crippen LogP) is 2.00. The smallest absolute Gasteiger partial charge is 0.363 e. The summed E-state index contributed by atoms with van der Waals surface area (Å²) in [5, 5.41) is 21.5. The van der Waals surface area contributed by atoms with Crippen LogP contribution in [0, 0.1) is 28.6 Å². The maximum Gasteiger partial charge on any atom is 0.363 e. The molecular weight excluding hydrogens is 416 g/mol. The largest absolute Gasteiger partial charge is 0.479 e. The molecule has 0 aromatic rings. The quantitative estimate of drug-likeness (QED) is 0.618. The fourth-order valence-corrected chi connectivity index (χ4v) is 7.94. The molecule has 8 heteroatoms. The average Bonchev–Trinajstić information content (AvgIpc) is 3.27.